The third-order valence-corrected chi connectivity index (χ3v) is 9.36. The fraction of sp³-hybridized carbons (Fsp3) is 0.644. The molecule has 3 unspecified atom stereocenters. The van der Waals surface area contributed by atoms with E-state index in [1.807, 2.05) is 0 Å². The van der Waals surface area contributed by atoms with Gasteiger partial charge in [0.25, 0.3) is 0 Å². The number of hydrogen-bond acceptors (Lipinski definition) is 8. The SMILES string of the molecule is CC/C=C\C/C=C\C/C=C\C/C=C\C/C=C\CCCCOCC(COP(=O)(O)OCC(N)C(=O)O)OC(=O)CCCCCCC/C=C\C/C=C\CCCCCC. The van der Waals surface area contributed by atoms with E-state index in [4.69, 9.17) is 29.4 Å². The van der Waals surface area contributed by atoms with Gasteiger partial charge in [-0.15, -0.1) is 0 Å². The van der Waals surface area contributed by atoms with Crippen LogP contribution >= 0.6 is 7.82 Å². The Hall–Kier alpha value is -2.85. The van der Waals surface area contributed by atoms with Crippen LogP contribution in [-0.4, -0.2) is 60.5 Å². The largest absolute Gasteiger partial charge is 0.480 e. The number of hydrogen-bond donors (Lipinski definition) is 3. The minimum Gasteiger partial charge on any atom is -0.480 e. The number of esters is 1. The number of ether oxygens (including phenoxy) is 2. The number of unbranched alkanes of at least 4 members (excludes halogenated alkanes) is 11. The predicted molar refractivity (Wildman–Crippen MR) is 230 cm³/mol. The van der Waals surface area contributed by atoms with Gasteiger partial charge in [0.15, 0.2) is 0 Å². The number of carbonyl (C=O) groups excluding carboxylic acids is 1. The molecule has 320 valence electrons. The molecule has 0 aliphatic carbocycles. The smallest absolute Gasteiger partial charge is 0.472 e. The summed E-state index contributed by atoms with van der Waals surface area (Å²) in [6, 6.07) is -1.49. The van der Waals surface area contributed by atoms with E-state index >= 15 is 0 Å². The van der Waals surface area contributed by atoms with Gasteiger partial charge in [0.05, 0.1) is 19.8 Å². The first-order valence-electron chi connectivity index (χ1n) is 21.1. The fourth-order valence-electron chi connectivity index (χ4n) is 5.13. The summed E-state index contributed by atoms with van der Waals surface area (Å²) in [5.74, 6) is -1.82. The Bertz CT molecular complexity index is 1210. The molecule has 0 aromatic rings. The number of carboxylic acid groups (broad SMARTS) is 1. The summed E-state index contributed by atoms with van der Waals surface area (Å²) in [4.78, 5) is 33.5. The monoisotopic (exact) mass is 806 g/mol. The van der Waals surface area contributed by atoms with E-state index in [1.54, 1.807) is 0 Å². The molecule has 0 spiro atoms. The zero-order valence-electron chi connectivity index (χ0n) is 34.7. The van der Waals surface area contributed by atoms with Crippen LogP contribution < -0.4 is 5.73 Å². The molecule has 4 N–H and O–H groups in total. The Balaban J connectivity index is 4.39. The zero-order chi connectivity index (χ0) is 41.2. The molecule has 3 atom stereocenters. The summed E-state index contributed by atoms with van der Waals surface area (Å²) < 4.78 is 33.3. The van der Waals surface area contributed by atoms with E-state index < -0.39 is 45.1 Å². The lowest BCUT2D eigenvalue weighted by Gasteiger charge is -2.20. The Labute approximate surface area is 339 Å². The Morgan fingerprint density at radius 3 is 1.55 bits per heavy atom. The van der Waals surface area contributed by atoms with Crippen LogP contribution in [0, 0.1) is 0 Å². The molecule has 0 saturated carbocycles. The zero-order valence-corrected chi connectivity index (χ0v) is 35.6. The van der Waals surface area contributed by atoms with Crippen molar-refractivity contribution in [2.45, 2.75) is 161 Å². The predicted octanol–water partition coefficient (Wildman–Crippen LogP) is 11.6. The maximum atomic E-state index is 12.6. The lowest BCUT2D eigenvalue weighted by atomic mass is 10.1. The topological polar surface area (TPSA) is 155 Å². The number of phosphoric acid groups is 1. The van der Waals surface area contributed by atoms with Gasteiger partial charge >= 0.3 is 19.8 Å². The fourth-order valence-corrected chi connectivity index (χ4v) is 5.91. The van der Waals surface area contributed by atoms with Gasteiger partial charge in [-0.25, -0.2) is 4.57 Å². The van der Waals surface area contributed by atoms with Crippen molar-refractivity contribution in [3.8, 4) is 0 Å². The highest BCUT2D eigenvalue weighted by atomic mass is 31.2. The lowest BCUT2D eigenvalue weighted by molar-refractivity contribution is -0.154. The minimum atomic E-state index is -4.64. The molecule has 0 aromatic heterocycles. The maximum absolute atomic E-state index is 12.6. The second-order valence-corrected chi connectivity index (χ2v) is 15.2. The van der Waals surface area contributed by atoms with Crippen molar-refractivity contribution in [1.82, 2.24) is 0 Å². The molecule has 11 heteroatoms. The van der Waals surface area contributed by atoms with Gasteiger partial charge in [0.2, 0.25) is 0 Å². The molecule has 0 radical (unpaired) electrons. The van der Waals surface area contributed by atoms with E-state index in [1.165, 1.54) is 32.1 Å². The number of rotatable bonds is 39. The molecule has 0 bridgehead atoms. The molecule has 0 heterocycles. The van der Waals surface area contributed by atoms with E-state index in [-0.39, 0.29) is 13.0 Å². The van der Waals surface area contributed by atoms with E-state index in [0.29, 0.717) is 13.0 Å². The van der Waals surface area contributed by atoms with Crippen LogP contribution in [0.15, 0.2) is 85.1 Å². The molecule has 10 nitrogen and oxygen atoms in total. The van der Waals surface area contributed by atoms with Gasteiger partial charge in [-0.2, -0.15) is 0 Å². The molecule has 0 saturated heterocycles. The summed E-state index contributed by atoms with van der Waals surface area (Å²) in [5.41, 5.74) is 5.35. The molecule has 0 rings (SSSR count). The normalized spacial score (nSPS) is 14.8. The Morgan fingerprint density at radius 1 is 0.589 bits per heavy atom. The van der Waals surface area contributed by atoms with Gasteiger partial charge in [-0.3, -0.25) is 18.6 Å². The van der Waals surface area contributed by atoms with Gasteiger partial charge in [0, 0.05) is 13.0 Å². The van der Waals surface area contributed by atoms with Gasteiger partial charge < -0.3 is 25.2 Å². The van der Waals surface area contributed by atoms with Gasteiger partial charge in [-0.1, -0.05) is 137 Å². The summed E-state index contributed by atoms with van der Waals surface area (Å²) in [5, 5.41) is 8.89. The highest BCUT2D eigenvalue weighted by molar-refractivity contribution is 7.47. The van der Waals surface area contributed by atoms with Crippen LogP contribution in [0.5, 0.6) is 0 Å². The van der Waals surface area contributed by atoms with Crippen LogP contribution in [0.25, 0.3) is 0 Å². The van der Waals surface area contributed by atoms with Gasteiger partial charge in [0.1, 0.15) is 12.1 Å². The van der Waals surface area contributed by atoms with Crippen molar-refractivity contribution in [2.24, 2.45) is 5.73 Å². The van der Waals surface area contributed by atoms with E-state index in [0.717, 1.165) is 89.9 Å². The van der Waals surface area contributed by atoms with Crippen LogP contribution in [0.2, 0.25) is 0 Å². The van der Waals surface area contributed by atoms with Gasteiger partial charge in [-0.05, 0) is 89.9 Å². The number of carboxylic acids is 1. The average Bonchev–Trinajstić information content (AvgIpc) is 3.18. The summed E-state index contributed by atoms with van der Waals surface area (Å²) >= 11 is 0. The minimum absolute atomic E-state index is 0.0235. The Kier molecular flexibility index (Phi) is 38.3. The molecular weight excluding hydrogens is 729 g/mol. The standard InChI is InChI=1S/C45H76NO9P/c1-3-5-7-9-11-13-15-17-19-21-22-24-26-28-30-32-34-36-38-52-39-42(40-53-56(50,51)54-41-43(46)45(48)49)55-44(47)37-35-33-31-29-27-25-23-20-18-16-14-12-10-8-6-4-2/h5,7,11,13-14,16-17,19-20,22-24,28,30,42-43H,3-4,6,8-10,12,15,18,21,25-27,29,31-41,46H2,1-2H3,(H,48,49)(H,50,51)/b7-5-,13-11-,16-14-,19-17-,23-20-,24-22-,30-28-. The number of carbonyl (C=O) groups is 2. The van der Waals surface area contributed by atoms with Crippen molar-refractivity contribution in [1.29, 1.82) is 0 Å². The van der Waals surface area contributed by atoms with E-state index in [9.17, 15) is 19.0 Å². The molecule has 0 aliphatic heterocycles. The van der Waals surface area contributed by atoms with Crippen molar-refractivity contribution in [2.75, 3.05) is 26.4 Å². The highest BCUT2D eigenvalue weighted by Gasteiger charge is 2.27. The Morgan fingerprint density at radius 2 is 1.04 bits per heavy atom. The number of allylic oxidation sites excluding steroid dienone is 14. The maximum Gasteiger partial charge on any atom is 0.472 e. The van der Waals surface area contributed by atoms with E-state index in [2.05, 4.69) is 98.9 Å². The van der Waals surface area contributed by atoms with Crippen molar-refractivity contribution >= 4 is 19.8 Å². The van der Waals surface area contributed by atoms with Crippen LogP contribution in [0.1, 0.15) is 149 Å². The van der Waals surface area contributed by atoms with Crippen LogP contribution in [0.4, 0.5) is 0 Å². The van der Waals surface area contributed by atoms with Crippen LogP contribution in [0.3, 0.4) is 0 Å². The molecule has 0 fully saturated rings. The third kappa shape index (κ3) is 39.4. The highest BCUT2D eigenvalue weighted by Crippen LogP contribution is 2.43. The molecule has 0 aliphatic rings. The molecule has 56 heavy (non-hydrogen) atoms. The number of nitrogens with two attached hydrogens (primary N) is 1. The molecular formula is C45H76NO9P. The van der Waals surface area contributed by atoms with Crippen molar-refractivity contribution < 1.29 is 42.7 Å². The quantitative estimate of drug-likeness (QED) is 0.0237. The molecule has 0 aromatic carbocycles. The summed E-state index contributed by atoms with van der Waals surface area (Å²) in [7, 11) is -4.64. The summed E-state index contributed by atoms with van der Waals surface area (Å²) in [6.07, 6.45) is 50.7. The first-order chi connectivity index (χ1) is 27.2. The molecule has 0 amide bonds. The second-order valence-electron chi connectivity index (χ2n) is 13.7. The number of aliphatic carboxylic acids is 1. The van der Waals surface area contributed by atoms with Crippen molar-refractivity contribution in [3.63, 3.8) is 0 Å². The summed E-state index contributed by atoms with van der Waals surface area (Å²) in [6.45, 7) is 3.60. The first kappa shape index (κ1) is 53.1. The average molecular weight is 806 g/mol. The van der Waals surface area contributed by atoms with Crippen LogP contribution in [-0.2, 0) is 32.7 Å². The first-order valence-corrected chi connectivity index (χ1v) is 22.6. The number of phosphoric ester groups is 1. The third-order valence-electron chi connectivity index (χ3n) is 8.41. The second kappa shape index (κ2) is 40.4. The lowest BCUT2D eigenvalue weighted by Crippen LogP contribution is -2.34. The van der Waals surface area contributed by atoms with Crippen molar-refractivity contribution in [3.05, 3.63) is 85.1 Å².